The maximum atomic E-state index is 12.7. The fraction of sp³-hybridized carbons (Fsp3) is 0.182. The largest absolute Gasteiger partial charge is 0.483 e. The van der Waals surface area contributed by atoms with Crippen LogP contribution in [0.4, 0.5) is 10.1 Å². The first-order valence-corrected chi connectivity index (χ1v) is 4.59. The van der Waals surface area contributed by atoms with Crippen LogP contribution in [0.5, 0.6) is 0 Å². The Morgan fingerprint density at radius 3 is 2.73 bits per heavy atom. The van der Waals surface area contributed by atoms with Gasteiger partial charge in [-0.1, -0.05) is 0 Å². The Bertz CT molecular complexity index is 398. The quantitative estimate of drug-likeness (QED) is 0.703. The molecule has 0 bridgehead atoms. The van der Waals surface area contributed by atoms with Crippen molar-refractivity contribution >= 4 is 11.6 Å². The van der Waals surface area contributed by atoms with Crippen LogP contribution in [0, 0.1) is 5.82 Å². The lowest BCUT2D eigenvalue weighted by Gasteiger charge is -2.22. The van der Waals surface area contributed by atoms with Gasteiger partial charge in [0.25, 0.3) is 0 Å². The number of rotatable bonds is 1. The van der Waals surface area contributed by atoms with E-state index in [-0.39, 0.29) is 5.82 Å². The van der Waals surface area contributed by atoms with Crippen molar-refractivity contribution in [3.05, 3.63) is 42.5 Å². The highest BCUT2D eigenvalue weighted by Gasteiger charge is 2.10. The number of benzene rings is 1. The molecule has 0 saturated heterocycles. The molecule has 3 nitrogen and oxygen atoms in total. The van der Waals surface area contributed by atoms with Crippen molar-refractivity contribution in [2.45, 2.75) is 0 Å². The molecule has 0 N–H and O–H groups in total. The molecule has 0 amide bonds. The molecule has 1 aromatic rings. The van der Waals surface area contributed by atoms with E-state index in [1.54, 1.807) is 25.4 Å². The fourth-order valence-corrected chi connectivity index (χ4v) is 1.36. The summed E-state index contributed by atoms with van der Waals surface area (Å²) >= 11 is 0. The Balaban J connectivity index is 2.16. The number of hydrogen-bond acceptors (Lipinski definition) is 3. The Kier molecular flexibility index (Phi) is 2.67. The lowest BCUT2D eigenvalue weighted by molar-refractivity contribution is 0.394. The third-order valence-corrected chi connectivity index (χ3v) is 2.16. The highest BCUT2D eigenvalue weighted by atomic mass is 19.1. The average molecular weight is 206 g/mol. The third kappa shape index (κ3) is 2.15. The lowest BCUT2D eigenvalue weighted by atomic mass is 10.3. The van der Waals surface area contributed by atoms with Crippen molar-refractivity contribution in [1.82, 2.24) is 0 Å². The molecule has 1 aliphatic rings. The highest BCUT2D eigenvalue weighted by molar-refractivity contribution is 5.83. The van der Waals surface area contributed by atoms with Crippen LogP contribution < -0.4 is 4.90 Å². The van der Waals surface area contributed by atoms with Crippen LogP contribution in [0.15, 0.2) is 41.7 Å². The van der Waals surface area contributed by atoms with Gasteiger partial charge in [-0.3, -0.25) is 0 Å². The summed E-state index contributed by atoms with van der Waals surface area (Å²) in [5.41, 5.74) is 0.914. The van der Waals surface area contributed by atoms with Crippen LogP contribution >= 0.6 is 0 Å². The van der Waals surface area contributed by atoms with Gasteiger partial charge >= 0.3 is 0 Å². The van der Waals surface area contributed by atoms with E-state index in [4.69, 9.17) is 4.74 Å². The van der Waals surface area contributed by atoms with Gasteiger partial charge in [-0.2, -0.15) is 0 Å². The Labute approximate surface area is 87.5 Å². The van der Waals surface area contributed by atoms with E-state index in [0.717, 1.165) is 5.69 Å². The first-order valence-electron chi connectivity index (χ1n) is 4.59. The number of ether oxygens (including phenoxy) is 1. The van der Waals surface area contributed by atoms with E-state index in [1.165, 1.54) is 12.1 Å². The molecule has 0 aliphatic carbocycles. The van der Waals surface area contributed by atoms with Crippen LogP contribution in [0.3, 0.4) is 0 Å². The van der Waals surface area contributed by atoms with Gasteiger partial charge < -0.3 is 9.64 Å². The topological polar surface area (TPSA) is 24.8 Å². The minimum atomic E-state index is -0.236. The van der Waals surface area contributed by atoms with Crippen LogP contribution in [0.1, 0.15) is 0 Å². The summed E-state index contributed by atoms with van der Waals surface area (Å²) in [4.78, 5) is 5.98. The zero-order valence-corrected chi connectivity index (χ0v) is 8.35. The van der Waals surface area contributed by atoms with E-state index in [9.17, 15) is 4.39 Å². The summed E-state index contributed by atoms with van der Waals surface area (Å²) in [6, 6.07) is 6.30. The van der Waals surface area contributed by atoms with Crippen molar-refractivity contribution in [2.75, 3.05) is 18.6 Å². The first kappa shape index (κ1) is 9.71. The van der Waals surface area contributed by atoms with Gasteiger partial charge in [0.05, 0.1) is 13.7 Å². The van der Waals surface area contributed by atoms with E-state index in [2.05, 4.69) is 4.99 Å². The van der Waals surface area contributed by atoms with Gasteiger partial charge in [-0.15, -0.1) is 0 Å². The standard InChI is InChI=1S/C11H11FN2O/c1-15-11-8-14(7-6-13-11)10-4-2-9(12)3-5-10/h2-7H,8H2,1H3. The SMILES string of the molecule is COC1=NC=CN(c2ccc(F)cc2)C1. The maximum Gasteiger partial charge on any atom is 0.208 e. The molecule has 0 spiro atoms. The van der Waals surface area contributed by atoms with E-state index in [1.807, 2.05) is 11.1 Å². The summed E-state index contributed by atoms with van der Waals surface area (Å²) in [7, 11) is 1.58. The van der Waals surface area contributed by atoms with Gasteiger partial charge in [-0.25, -0.2) is 9.38 Å². The van der Waals surface area contributed by atoms with Crippen LogP contribution in [-0.2, 0) is 4.74 Å². The molecule has 78 valence electrons. The molecule has 0 unspecified atom stereocenters. The normalized spacial score (nSPS) is 15.1. The summed E-state index contributed by atoms with van der Waals surface area (Å²) in [5, 5.41) is 0. The van der Waals surface area contributed by atoms with E-state index >= 15 is 0 Å². The number of nitrogens with zero attached hydrogens (tertiary/aromatic N) is 2. The minimum Gasteiger partial charge on any atom is -0.483 e. The highest BCUT2D eigenvalue weighted by Crippen LogP contribution is 2.16. The summed E-state index contributed by atoms with van der Waals surface area (Å²) < 4.78 is 17.8. The molecule has 0 atom stereocenters. The number of halogens is 1. The summed E-state index contributed by atoms with van der Waals surface area (Å²) in [6.45, 7) is 0.568. The summed E-state index contributed by atoms with van der Waals surface area (Å²) in [6.07, 6.45) is 3.49. The summed E-state index contributed by atoms with van der Waals surface area (Å²) in [5.74, 6) is 0.405. The van der Waals surface area contributed by atoms with Crippen molar-refractivity contribution in [3.63, 3.8) is 0 Å². The molecular weight excluding hydrogens is 195 g/mol. The zero-order chi connectivity index (χ0) is 10.7. The lowest BCUT2D eigenvalue weighted by Crippen LogP contribution is -2.27. The second kappa shape index (κ2) is 4.13. The van der Waals surface area contributed by atoms with Crippen molar-refractivity contribution < 1.29 is 9.13 Å². The number of methoxy groups -OCH3 is 1. The van der Waals surface area contributed by atoms with Crippen molar-refractivity contribution in [1.29, 1.82) is 0 Å². The predicted molar refractivity (Wildman–Crippen MR) is 57.3 cm³/mol. The second-order valence-electron chi connectivity index (χ2n) is 3.13. The molecule has 0 radical (unpaired) electrons. The molecule has 0 fully saturated rings. The van der Waals surface area contributed by atoms with Gasteiger partial charge in [0.2, 0.25) is 5.90 Å². The van der Waals surface area contributed by atoms with Crippen molar-refractivity contribution in [3.8, 4) is 0 Å². The van der Waals surface area contributed by atoms with Gasteiger partial charge in [0, 0.05) is 18.1 Å². The zero-order valence-electron chi connectivity index (χ0n) is 8.35. The monoisotopic (exact) mass is 206 g/mol. The fourth-order valence-electron chi connectivity index (χ4n) is 1.36. The predicted octanol–water partition coefficient (Wildman–Crippen LogP) is 2.16. The van der Waals surface area contributed by atoms with Crippen molar-refractivity contribution in [2.24, 2.45) is 4.99 Å². The first-order chi connectivity index (χ1) is 7.29. The van der Waals surface area contributed by atoms with Gasteiger partial charge in [0.1, 0.15) is 5.82 Å². The Morgan fingerprint density at radius 1 is 1.33 bits per heavy atom. The number of aliphatic imine (C=N–C) groups is 1. The molecule has 2 rings (SSSR count). The van der Waals surface area contributed by atoms with E-state index < -0.39 is 0 Å². The molecular formula is C11H11FN2O. The van der Waals surface area contributed by atoms with Gasteiger partial charge in [-0.05, 0) is 24.3 Å². The molecule has 4 heteroatoms. The Hall–Kier alpha value is -1.84. The third-order valence-electron chi connectivity index (χ3n) is 2.16. The van der Waals surface area contributed by atoms with Gasteiger partial charge in [0.15, 0.2) is 0 Å². The molecule has 15 heavy (non-hydrogen) atoms. The van der Waals surface area contributed by atoms with Crippen LogP contribution in [-0.4, -0.2) is 19.6 Å². The smallest absolute Gasteiger partial charge is 0.208 e. The van der Waals surface area contributed by atoms with E-state index in [0.29, 0.717) is 12.4 Å². The average Bonchev–Trinajstić information content (AvgIpc) is 2.30. The second-order valence-corrected chi connectivity index (χ2v) is 3.13. The molecule has 0 saturated carbocycles. The Morgan fingerprint density at radius 2 is 2.07 bits per heavy atom. The molecule has 1 aliphatic heterocycles. The molecule has 0 aromatic heterocycles. The number of anilines is 1. The maximum absolute atomic E-state index is 12.7. The van der Waals surface area contributed by atoms with Crippen LogP contribution in [0.2, 0.25) is 0 Å². The minimum absolute atomic E-state index is 0.236. The molecule has 1 aromatic carbocycles. The number of hydrogen-bond donors (Lipinski definition) is 0. The van der Waals surface area contributed by atoms with Crippen LogP contribution in [0.25, 0.3) is 0 Å². The molecule has 1 heterocycles.